The van der Waals surface area contributed by atoms with Crippen molar-refractivity contribution in [2.45, 2.75) is 42.4 Å². The number of nitrogens with one attached hydrogen (secondary N) is 1. The molecule has 0 spiro atoms. The van der Waals surface area contributed by atoms with Crippen LogP contribution in [0.25, 0.3) is 6.08 Å². The quantitative estimate of drug-likeness (QED) is 0.562. The summed E-state index contributed by atoms with van der Waals surface area (Å²) in [6, 6.07) is 18.1. The maximum Gasteiger partial charge on any atom is 0.248 e. The van der Waals surface area contributed by atoms with Crippen molar-refractivity contribution in [1.29, 1.82) is 0 Å². The van der Waals surface area contributed by atoms with Crippen molar-refractivity contribution in [2.75, 3.05) is 5.32 Å². The van der Waals surface area contributed by atoms with Gasteiger partial charge in [-0.2, -0.15) is 0 Å². The van der Waals surface area contributed by atoms with Gasteiger partial charge in [0, 0.05) is 16.2 Å². The predicted molar refractivity (Wildman–Crippen MR) is 118 cm³/mol. The molecule has 1 fully saturated rings. The molecule has 148 valence electrons. The molecule has 0 saturated heterocycles. The summed E-state index contributed by atoms with van der Waals surface area (Å²) < 4.78 is 1.76. The van der Waals surface area contributed by atoms with Crippen LogP contribution in [0, 0.1) is 0 Å². The fourth-order valence-corrected chi connectivity index (χ4v) is 4.76. The summed E-state index contributed by atoms with van der Waals surface area (Å²) in [7, 11) is 0. The topological polar surface area (TPSA) is 59.8 Å². The van der Waals surface area contributed by atoms with Crippen LogP contribution in [0.3, 0.4) is 0 Å². The van der Waals surface area contributed by atoms with Crippen LogP contribution >= 0.6 is 11.8 Å². The largest absolute Gasteiger partial charge is 0.321 e. The van der Waals surface area contributed by atoms with E-state index in [9.17, 15) is 4.79 Å². The second kappa shape index (κ2) is 9.56. The van der Waals surface area contributed by atoms with E-state index in [1.165, 1.54) is 31.8 Å². The van der Waals surface area contributed by atoms with Gasteiger partial charge in [0.25, 0.3) is 0 Å². The standard InChI is InChI=1S/C23H24N4OS/c28-23(24-21-12-6-7-13-22(21)29-20-10-4-5-11-20)15-14-19-17-27(26-25-19)16-18-8-2-1-3-9-18/h1-3,6-9,12-15,17,20H,4-5,10-11,16H2,(H,24,28)/b15-14+. The second-order valence-corrected chi connectivity index (χ2v) is 8.51. The molecule has 1 heterocycles. The summed E-state index contributed by atoms with van der Waals surface area (Å²) in [4.78, 5) is 13.5. The molecule has 0 bridgehead atoms. The molecule has 1 N–H and O–H groups in total. The summed E-state index contributed by atoms with van der Waals surface area (Å²) in [6.07, 6.45) is 10.2. The van der Waals surface area contributed by atoms with Crippen LogP contribution in [0.1, 0.15) is 36.9 Å². The molecule has 0 atom stereocenters. The highest BCUT2D eigenvalue weighted by Gasteiger charge is 2.17. The maximum absolute atomic E-state index is 12.4. The fourth-order valence-electron chi connectivity index (χ4n) is 3.43. The van der Waals surface area contributed by atoms with Crippen LogP contribution < -0.4 is 5.32 Å². The molecule has 29 heavy (non-hydrogen) atoms. The van der Waals surface area contributed by atoms with Crippen LogP contribution in [-0.4, -0.2) is 26.2 Å². The van der Waals surface area contributed by atoms with Crippen molar-refractivity contribution in [1.82, 2.24) is 15.0 Å². The van der Waals surface area contributed by atoms with E-state index in [1.807, 2.05) is 66.5 Å². The first-order valence-corrected chi connectivity index (χ1v) is 10.8. The molecule has 3 aromatic rings. The van der Waals surface area contributed by atoms with Crippen LogP contribution in [0.4, 0.5) is 5.69 Å². The number of para-hydroxylation sites is 1. The summed E-state index contributed by atoms with van der Waals surface area (Å²) in [5.74, 6) is -0.165. The lowest BCUT2D eigenvalue weighted by molar-refractivity contribution is -0.111. The number of carbonyl (C=O) groups excluding carboxylic acids is 1. The molecule has 1 aromatic heterocycles. The Bertz CT molecular complexity index is 977. The monoisotopic (exact) mass is 404 g/mol. The molecular weight excluding hydrogens is 380 g/mol. The van der Waals surface area contributed by atoms with E-state index >= 15 is 0 Å². The average Bonchev–Trinajstić information content (AvgIpc) is 3.41. The predicted octanol–water partition coefficient (Wildman–Crippen LogP) is 5.01. The zero-order valence-corrected chi connectivity index (χ0v) is 17.0. The molecule has 1 amide bonds. The summed E-state index contributed by atoms with van der Waals surface area (Å²) in [5, 5.41) is 11.9. The Morgan fingerprint density at radius 3 is 2.69 bits per heavy atom. The summed E-state index contributed by atoms with van der Waals surface area (Å²) in [6.45, 7) is 0.652. The highest BCUT2D eigenvalue weighted by atomic mass is 32.2. The Morgan fingerprint density at radius 2 is 1.86 bits per heavy atom. The van der Waals surface area contributed by atoms with Crippen molar-refractivity contribution in [3.05, 3.63) is 78.1 Å². The first kappa shape index (κ1) is 19.5. The molecular formula is C23H24N4OS. The van der Waals surface area contributed by atoms with E-state index in [1.54, 1.807) is 10.8 Å². The molecule has 0 radical (unpaired) electrons. The number of carbonyl (C=O) groups is 1. The van der Waals surface area contributed by atoms with Crippen molar-refractivity contribution in [3.8, 4) is 0 Å². The fraction of sp³-hybridized carbons (Fsp3) is 0.261. The van der Waals surface area contributed by atoms with Gasteiger partial charge >= 0.3 is 0 Å². The molecule has 4 rings (SSSR count). The minimum absolute atomic E-state index is 0.165. The van der Waals surface area contributed by atoms with E-state index < -0.39 is 0 Å². The lowest BCUT2D eigenvalue weighted by Gasteiger charge is -2.13. The van der Waals surface area contributed by atoms with E-state index in [4.69, 9.17) is 0 Å². The maximum atomic E-state index is 12.4. The normalized spacial score (nSPS) is 14.5. The Morgan fingerprint density at radius 1 is 1.10 bits per heavy atom. The van der Waals surface area contributed by atoms with E-state index in [2.05, 4.69) is 21.7 Å². The zero-order valence-electron chi connectivity index (χ0n) is 16.2. The van der Waals surface area contributed by atoms with E-state index in [0.717, 1.165) is 16.1 Å². The van der Waals surface area contributed by atoms with Crippen molar-refractivity contribution >= 4 is 29.4 Å². The van der Waals surface area contributed by atoms with Gasteiger partial charge in [-0.25, -0.2) is 4.68 Å². The third-order valence-electron chi connectivity index (χ3n) is 4.89. The number of hydrogen-bond donors (Lipinski definition) is 1. The second-order valence-electron chi connectivity index (χ2n) is 7.17. The van der Waals surface area contributed by atoms with Gasteiger partial charge in [-0.15, -0.1) is 16.9 Å². The number of anilines is 1. The van der Waals surface area contributed by atoms with Crippen molar-refractivity contribution in [3.63, 3.8) is 0 Å². The van der Waals surface area contributed by atoms with Gasteiger partial charge in [0.05, 0.1) is 18.4 Å². The number of thioether (sulfide) groups is 1. The third-order valence-corrected chi connectivity index (χ3v) is 6.30. The van der Waals surface area contributed by atoms with Crippen LogP contribution in [0.5, 0.6) is 0 Å². The zero-order chi connectivity index (χ0) is 19.9. The third kappa shape index (κ3) is 5.57. The Balaban J connectivity index is 1.36. The van der Waals surface area contributed by atoms with Crippen LogP contribution in [0.15, 0.2) is 71.8 Å². The number of aromatic nitrogens is 3. The van der Waals surface area contributed by atoms with Crippen molar-refractivity contribution < 1.29 is 4.79 Å². The van der Waals surface area contributed by atoms with E-state index in [-0.39, 0.29) is 5.91 Å². The van der Waals surface area contributed by atoms with Gasteiger partial charge in [-0.3, -0.25) is 4.79 Å². The summed E-state index contributed by atoms with van der Waals surface area (Å²) in [5.41, 5.74) is 2.68. The average molecular weight is 405 g/mol. The van der Waals surface area contributed by atoms with E-state index in [0.29, 0.717) is 17.5 Å². The van der Waals surface area contributed by atoms with Gasteiger partial charge in [0.15, 0.2) is 0 Å². The summed E-state index contributed by atoms with van der Waals surface area (Å²) >= 11 is 1.87. The number of hydrogen-bond acceptors (Lipinski definition) is 4. The Hall–Kier alpha value is -2.86. The number of amides is 1. The molecule has 0 unspecified atom stereocenters. The molecule has 2 aromatic carbocycles. The molecule has 1 saturated carbocycles. The van der Waals surface area contributed by atoms with Crippen LogP contribution in [0.2, 0.25) is 0 Å². The molecule has 5 nitrogen and oxygen atoms in total. The smallest absolute Gasteiger partial charge is 0.248 e. The Kier molecular flexibility index (Phi) is 6.42. The highest BCUT2D eigenvalue weighted by molar-refractivity contribution is 8.00. The number of benzene rings is 2. The van der Waals surface area contributed by atoms with Crippen molar-refractivity contribution in [2.24, 2.45) is 0 Å². The number of rotatable bonds is 7. The lowest BCUT2D eigenvalue weighted by Crippen LogP contribution is -2.09. The molecule has 1 aliphatic carbocycles. The molecule has 6 heteroatoms. The van der Waals surface area contributed by atoms with Gasteiger partial charge in [-0.05, 0) is 36.6 Å². The van der Waals surface area contributed by atoms with Crippen LogP contribution in [-0.2, 0) is 11.3 Å². The molecule has 1 aliphatic rings. The highest BCUT2D eigenvalue weighted by Crippen LogP contribution is 2.37. The van der Waals surface area contributed by atoms with Gasteiger partial charge < -0.3 is 5.32 Å². The lowest BCUT2D eigenvalue weighted by atomic mass is 10.2. The Labute approximate surface area is 175 Å². The number of nitrogens with zero attached hydrogens (tertiary/aromatic N) is 3. The minimum Gasteiger partial charge on any atom is -0.321 e. The first-order valence-electron chi connectivity index (χ1n) is 9.95. The molecule has 0 aliphatic heterocycles. The SMILES string of the molecule is O=C(/C=C/c1cn(Cc2ccccc2)nn1)Nc1ccccc1SC1CCCC1. The van der Waals surface area contributed by atoms with Gasteiger partial charge in [-0.1, -0.05) is 60.5 Å². The first-order chi connectivity index (χ1) is 14.3. The van der Waals surface area contributed by atoms with Gasteiger partial charge in [0.2, 0.25) is 5.91 Å². The minimum atomic E-state index is -0.165. The van der Waals surface area contributed by atoms with Gasteiger partial charge in [0.1, 0.15) is 5.69 Å².